The largest absolute Gasteiger partial charge is 0.493 e. The minimum absolute atomic E-state index is 0.00449. The molecule has 11 heteroatoms. The van der Waals surface area contributed by atoms with Crippen LogP contribution in [0.15, 0.2) is 30.3 Å². The molecule has 0 atom stereocenters. The topological polar surface area (TPSA) is 130 Å². The van der Waals surface area contributed by atoms with E-state index in [0.29, 0.717) is 22.8 Å². The Bertz CT molecular complexity index is 1500. The molecule has 1 aromatic heterocycles. The van der Waals surface area contributed by atoms with Gasteiger partial charge in [-0.05, 0) is 39.0 Å². The van der Waals surface area contributed by atoms with Crippen LogP contribution in [0.2, 0.25) is 0 Å². The Morgan fingerprint density at radius 1 is 1.20 bits per heavy atom. The van der Waals surface area contributed by atoms with Crippen molar-refractivity contribution in [2.75, 3.05) is 13.4 Å². The molecule has 1 aliphatic heterocycles. The summed E-state index contributed by atoms with van der Waals surface area (Å²) in [5.74, 6) is -0.537. The smallest absolute Gasteiger partial charge is 0.419 e. The Kier molecular flexibility index (Phi) is 5.84. The Morgan fingerprint density at radius 3 is 2.51 bits per heavy atom. The number of nitrogens with one attached hydrogen (secondary N) is 1. The van der Waals surface area contributed by atoms with Gasteiger partial charge in [0.05, 0.1) is 30.1 Å². The lowest BCUT2D eigenvalue weighted by Gasteiger charge is -2.22. The van der Waals surface area contributed by atoms with Crippen molar-refractivity contribution in [2.45, 2.75) is 32.9 Å². The lowest BCUT2D eigenvalue weighted by atomic mass is 9.98. The molecule has 35 heavy (non-hydrogen) atoms. The average Bonchev–Trinajstić information content (AvgIpc) is 3.33. The lowest BCUT2D eigenvalue weighted by Crippen LogP contribution is -2.27. The summed E-state index contributed by atoms with van der Waals surface area (Å²) in [4.78, 5) is 37.9. The van der Waals surface area contributed by atoms with Gasteiger partial charge < -0.3 is 19.0 Å². The van der Waals surface area contributed by atoms with Crippen LogP contribution in [0.1, 0.15) is 47.1 Å². The van der Waals surface area contributed by atoms with Gasteiger partial charge in [0.2, 0.25) is 0 Å². The standard InChI is InChI=1S/C24H24N2O8S/c1-24(2,3)33-23(29)26-17-8-6-7-13(12-27)14(17)9-18(26)15-10-19(32-4)21(34-35(5,30)31)16-11-25-22(28)20(15)16/h6-10,12H,11H2,1-5H3,(H,25,28). The number of hydrogen-bond donors (Lipinski definition) is 1. The van der Waals surface area contributed by atoms with Crippen LogP contribution < -0.4 is 14.2 Å². The highest BCUT2D eigenvalue weighted by molar-refractivity contribution is 7.86. The fraction of sp³-hybridized carbons (Fsp3) is 0.292. The van der Waals surface area contributed by atoms with Crippen LogP contribution in [0, 0.1) is 0 Å². The molecule has 0 bridgehead atoms. The van der Waals surface area contributed by atoms with E-state index >= 15 is 0 Å². The second kappa shape index (κ2) is 8.42. The number of fused-ring (bicyclic) bond motifs is 2. The van der Waals surface area contributed by atoms with Crippen molar-refractivity contribution < 1.29 is 36.5 Å². The summed E-state index contributed by atoms with van der Waals surface area (Å²) < 4.78 is 41.2. The van der Waals surface area contributed by atoms with E-state index in [1.165, 1.54) is 17.7 Å². The maximum Gasteiger partial charge on any atom is 0.419 e. The van der Waals surface area contributed by atoms with Crippen LogP contribution in [-0.2, 0) is 21.4 Å². The third-order valence-electron chi connectivity index (χ3n) is 5.31. The van der Waals surface area contributed by atoms with E-state index in [1.807, 2.05) is 0 Å². The monoisotopic (exact) mass is 500 g/mol. The molecular formula is C24H24N2O8S. The van der Waals surface area contributed by atoms with Gasteiger partial charge in [-0.15, -0.1) is 0 Å². The molecule has 0 aliphatic carbocycles. The van der Waals surface area contributed by atoms with Gasteiger partial charge in [-0.3, -0.25) is 9.59 Å². The maximum atomic E-state index is 13.3. The van der Waals surface area contributed by atoms with Crippen LogP contribution >= 0.6 is 0 Å². The Morgan fingerprint density at radius 2 is 1.91 bits per heavy atom. The highest BCUT2D eigenvalue weighted by Gasteiger charge is 2.34. The van der Waals surface area contributed by atoms with E-state index in [1.54, 1.807) is 45.0 Å². The molecule has 3 aromatic rings. The summed E-state index contributed by atoms with van der Waals surface area (Å²) in [6.07, 6.45) is 0.845. The van der Waals surface area contributed by atoms with Crippen LogP contribution in [-0.4, -0.2) is 50.2 Å². The zero-order chi connectivity index (χ0) is 25.7. The number of benzene rings is 2. The Labute approximate surface area is 201 Å². The molecule has 0 unspecified atom stereocenters. The summed E-state index contributed by atoms with van der Waals surface area (Å²) >= 11 is 0. The molecule has 0 saturated carbocycles. The minimum Gasteiger partial charge on any atom is -0.493 e. The summed E-state index contributed by atoms with van der Waals surface area (Å²) in [6, 6.07) is 7.95. The average molecular weight is 501 g/mol. The van der Waals surface area contributed by atoms with Gasteiger partial charge >= 0.3 is 16.2 Å². The van der Waals surface area contributed by atoms with Gasteiger partial charge in [-0.1, -0.05) is 12.1 Å². The molecule has 1 N–H and O–H groups in total. The van der Waals surface area contributed by atoms with Gasteiger partial charge in [-0.2, -0.15) is 8.42 Å². The number of hydrogen-bond acceptors (Lipinski definition) is 8. The molecule has 2 aromatic carbocycles. The Balaban J connectivity index is 2.09. The zero-order valence-electron chi connectivity index (χ0n) is 19.8. The summed E-state index contributed by atoms with van der Waals surface area (Å²) in [5.41, 5.74) is 0.874. The van der Waals surface area contributed by atoms with Crippen LogP contribution in [0.3, 0.4) is 0 Å². The van der Waals surface area contributed by atoms with Crippen molar-refractivity contribution >= 4 is 39.3 Å². The van der Waals surface area contributed by atoms with Crippen molar-refractivity contribution in [1.82, 2.24) is 9.88 Å². The number of nitrogens with zero attached hydrogens (tertiary/aromatic N) is 1. The van der Waals surface area contributed by atoms with Gasteiger partial charge in [0.25, 0.3) is 5.91 Å². The number of carbonyl (C=O) groups excluding carboxylic acids is 3. The second-order valence-corrected chi connectivity index (χ2v) is 10.6. The normalized spacial score (nSPS) is 13.3. The molecular weight excluding hydrogens is 476 g/mol. The fourth-order valence-corrected chi connectivity index (χ4v) is 4.52. The van der Waals surface area contributed by atoms with Crippen molar-refractivity contribution in [2.24, 2.45) is 0 Å². The highest BCUT2D eigenvalue weighted by Crippen LogP contribution is 2.44. The number of rotatable bonds is 5. The third kappa shape index (κ3) is 4.46. The third-order valence-corrected chi connectivity index (χ3v) is 5.78. The van der Waals surface area contributed by atoms with Crippen molar-refractivity contribution in [3.63, 3.8) is 0 Å². The van der Waals surface area contributed by atoms with Crippen LogP contribution in [0.5, 0.6) is 11.5 Å². The molecule has 0 fully saturated rings. The molecule has 4 rings (SSSR count). The maximum absolute atomic E-state index is 13.3. The molecule has 0 spiro atoms. The number of aromatic nitrogens is 1. The minimum atomic E-state index is -3.94. The van der Waals surface area contributed by atoms with Crippen LogP contribution in [0.25, 0.3) is 22.2 Å². The lowest BCUT2D eigenvalue weighted by molar-refractivity contribution is 0.0546. The molecule has 0 radical (unpaired) electrons. The van der Waals surface area contributed by atoms with E-state index in [-0.39, 0.29) is 40.4 Å². The second-order valence-electron chi connectivity index (χ2n) is 9.02. The van der Waals surface area contributed by atoms with Gasteiger partial charge in [0.1, 0.15) is 5.60 Å². The first-order valence-electron chi connectivity index (χ1n) is 10.6. The first-order valence-corrected chi connectivity index (χ1v) is 12.4. The molecule has 1 aliphatic rings. The molecule has 1 amide bonds. The molecule has 2 heterocycles. The van der Waals surface area contributed by atoms with E-state index in [0.717, 1.165) is 6.26 Å². The van der Waals surface area contributed by atoms with Gasteiger partial charge in [0, 0.05) is 28.6 Å². The van der Waals surface area contributed by atoms with E-state index < -0.39 is 27.7 Å². The fourth-order valence-electron chi connectivity index (χ4n) is 4.03. The summed E-state index contributed by atoms with van der Waals surface area (Å²) in [5, 5.41) is 3.14. The van der Waals surface area contributed by atoms with Crippen molar-refractivity contribution in [1.29, 1.82) is 0 Å². The quantitative estimate of drug-likeness (QED) is 0.416. The number of ether oxygens (including phenoxy) is 2. The van der Waals surface area contributed by atoms with Gasteiger partial charge in [-0.25, -0.2) is 9.36 Å². The Hall–Kier alpha value is -3.86. The molecule has 10 nitrogen and oxygen atoms in total. The van der Waals surface area contributed by atoms with Crippen LogP contribution in [0.4, 0.5) is 4.79 Å². The summed E-state index contributed by atoms with van der Waals surface area (Å²) in [6.45, 7) is 5.16. The van der Waals surface area contributed by atoms with Crippen molar-refractivity contribution in [3.05, 3.63) is 47.0 Å². The SMILES string of the molecule is COc1cc(-c2cc3c(C=O)cccc3n2C(=O)OC(C)(C)C)c2c(c1OS(C)(=O)=O)CNC2=O. The van der Waals surface area contributed by atoms with E-state index in [2.05, 4.69) is 5.32 Å². The van der Waals surface area contributed by atoms with Gasteiger partial charge in [0.15, 0.2) is 17.8 Å². The first kappa shape index (κ1) is 24.3. The highest BCUT2D eigenvalue weighted by atomic mass is 32.2. The summed E-state index contributed by atoms with van der Waals surface area (Å²) in [7, 11) is -2.60. The predicted molar refractivity (Wildman–Crippen MR) is 128 cm³/mol. The number of carbonyl (C=O) groups is 3. The van der Waals surface area contributed by atoms with E-state index in [9.17, 15) is 22.8 Å². The number of aldehydes is 1. The molecule has 0 saturated heterocycles. The van der Waals surface area contributed by atoms with E-state index in [4.69, 9.17) is 13.7 Å². The number of amides is 1. The van der Waals surface area contributed by atoms with Crippen molar-refractivity contribution in [3.8, 4) is 22.8 Å². The predicted octanol–water partition coefficient (Wildman–Crippen LogP) is 3.49. The molecule has 184 valence electrons. The first-order chi connectivity index (χ1) is 16.3. The zero-order valence-corrected chi connectivity index (χ0v) is 20.6. The number of methoxy groups -OCH3 is 1.